The van der Waals surface area contributed by atoms with E-state index in [1.807, 2.05) is 30.6 Å². The van der Waals surface area contributed by atoms with Crippen LogP contribution in [0.3, 0.4) is 0 Å². The molecule has 29 heavy (non-hydrogen) atoms. The van der Waals surface area contributed by atoms with Crippen LogP contribution >= 0.6 is 0 Å². The Kier molecular flexibility index (Phi) is 5.34. The Bertz CT molecular complexity index is 934. The van der Waals surface area contributed by atoms with Gasteiger partial charge >= 0.3 is 0 Å². The summed E-state index contributed by atoms with van der Waals surface area (Å²) in [6.45, 7) is 4.16. The van der Waals surface area contributed by atoms with Crippen LogP contribution in [0.4, 0.5) is 5.82 Å². The molecule has 3 N–H and O–H groups in total. The molecule has 0 saturated heterocycles. The smallest absolute Gasteiger partial charge is 0.148 e. The fraction of sp³-hybridized carbons (Fsp3) is 0.409. The van der Waals surface area contributed by atoms with Crippen molar-refractivity contribution in [3.05, 3.63) is 60.6 Å². The molecule has 2 aromatic heterocycles. The van der Waals surface area contributed by atoms with Gasteiger partial charge in [0.15, 0.2) is 0 Å². The van der Waals surface area contributed by atoms with E-state index in [0.29, 0.717) is 17.4 Å². The summed E-state index contributed by atoms with van der Waals surface area (Å²) in [7, 11) is 0. The molecule has 1 saturated carbocycles. The minimum atomic E-state index is -1.02. The van der Waals surface area contributed by atoms with Crippen LogP contribution in [0.5, 0.6) is 0 Å². The van der Waals surface area contributed by atoms with Crippen LogP contribution in [0.2, 0.25) is 0 Å². The fourth-order valence-electron chi connectivity index (χ4n) is 3.93. The number of hydrogen-bond acceptors (Lipinski definition) is 6. The molecular formula is C22H27N5O2. The van der Waals surface area contributed by atoms with Crippen LogP contribution in [-0.4, -0.2) is 42.1 Å². The van der Waals surface area contributed by atoms with E-state index in [2.05, 4.69) is 37.2 Å². The molecule has 7 heteroatoms. The summed E-state index contributed by atoms with van der Waals surface area (Å²) in [5.74, 6) is 1.89. The van der Waals surface area contributed by atoms with E-state index in [0.717, 1.165) is 30.8 Å². The first-order valence-electron chi connectivity index (χ1n) is 9.98. The molecule has 1 fully saturated rings. The number of benzene rings is 1. The van der Waals surface area contributed by atoms with Gasteiger partial charge in [0.1, 0.15) is 17.2 Å². The maximum absolute atomic E-state index is 10.5. The predicted molar refractivity (Wildman–Crippen MR) is 111 cm³/mol. The number of anilines is 1. The number of aliphatic hydroxyl groups excluding tert-OH is 1. The standard InChI is InChI=1S/C22H27N5O2/c1-22(2,29)19-8-9-20(26-25-19)24-17-12-15(13-18(17)28)14-27-11-10-23-21(27)16-6-4-3-5-7-16/h3-11,15,17-18,28-29H,12-14H2,1-2H3,(H,24,26)/t15?,17-,18-/m1/s1. The quantitative estimate of drug-likeness (QED) is 0.596. The molecule has 1 aliphatic carbocycles. The number of rotatable bonds is 6. The monoisotopic (exact) mass is 393 g/mol. The molecule has 0 spiro atoms. The maximum atomic E-state index is 10.5. The second kappa shape index (κ2) is 7.93. The van der Waals surface area contributed by atoms with Crippen molar-refractivity contribution in [3.63, 3.8) is 0 Å². The second-order valence-electron chi connectivity index (χ2n) is 8.29. The average molecular weight is 393 g/mol. The number of nitrogens with one attached hydrogen (secondary N) is 1. The molecule has 152 valence electrons. The average Bonchev–Trinajstić information content (AvgIpc) is 3.29. The van der Waals surface area contributed by atoms with Crippen LogP contribution in [0, 0.1) is 5.92 Å². The van der Waals surface area contributed by atoms with Gasteiger partial charge in [-0.1, -0.05) is 30.3 Å². The van der Waals surface area contributed by atoms with Gasteiger partial charge in [0.05, 0.1) is 17.8 Å². The minimum absolute atomic E-state index is 0.0778. The SMILES string of the molecule is CC(C)(O)c1ccc(N[C@@H]2CC(Cn3ccnc3-c3ccccc3)C[C@H]2O)nn1. The summed E-state index contributed by atoms with van der Waals surface area (Å²) < 4.78 is 2.16. The second-order valence-corrected chi connectivity index (χ2v) is 8.29. The van der Waals surface area contributed by atoms with Gasteiger partial charge in [0.2, 0.25) is 0 Å². The highest BCUT2D eigenvalue weighted by Gasteiger charge is 2.33. The van der Waals surface area contributed by atoms with Gasteiger partial charge in [-0.2, -0.15) is 5.10 Å². The molecule has 2 heterocycles. The minimum Gasteiger partial charge on any atom is -0.391 e. The lowest BCUT2D eigenvalue weighted by molar-refractivity contribution is 0.0728. The summed E-state index contributed by atoms with van der Waals surface area (Å²) in [6, 6.07) is 13.6. The lowest BCUT2D eigenvalue weighted by atomic mass is 10.1. The van der Waals surface area contributed by atoms with Crippen molar-refractivity contribution in [3.8, 4) is 11.4 Å². The molecule has 3 atom stereocenters. The highest BCUT2D eigenvalue weighted by atomic mass is 16.3. The lowest BCUT2D eigenvalue weighted by Crippen LogP contribution is -2.28. The van der Waals surface area contributed by atoms with Gasteiger partial charge < -0.3 is 20.1 Å². The summed E-state index contributed by atoms with van der Waals surface area (Å²) >= 11 is 0. The van der Waals surface area contributed by atoms with Crippen LogP contribution in [-0.2, 0) is 12.1 Å². The van der Waals surface area contributed by atoms with Gasteiger partial charge in [0.25, 0.3) is 0 Å². The molecule has 7 nitrogen and oxygen atoms in total. The number of imidazole rings is 1. The molecule has 0 aliphatic heterocycles. The summed E-state index contributed by atoms with van der Waals surface area (Å²) in [5, 5.41) is 32.1. The van der Waals surface area contributed by atoms with Crippen molar-refractivity contribution in [2.24, 2.45) is 5.92 Å². The third-order valence-corrected chi connectivity index (χ3v) is 5.45. The summed E-state index contributed by atoms with van der Waals surface area (Å²) in [6.07, 6.45) is 4.93. The summed E-state index contributed by atoms with van der Waals surface area (Å²) in [4.78, 5) is 4.51. The van der Waals surface area contributed by atoms with Crippen molar-refractivity contribution < 1.29 is 10.2 Å². The molecular weight excluding hydrogens is 366 g/mol. The molecule has 4 rings (SSSR count). The number of nitrogens with zero attached hydrogens (tertiary/aromatic N) is 4. The molecule has 3 aromatic rings. The maximum Gasteiger partial charge on any atom is 0.148 e. The largest absolute Gasteiger partial charge is 0.391 e. The van der Waals surface area contributed by atoms with Gasteiger partial charge in [-0.3, -0.25) is 0 Å². The van der Waals surface area contributed by atoms with E-state index in [1.54, 1.807) is 26.0 Å². The zero-order chi connectivity index (χ0) is 20.4. The highest BCUT2D eigenvalue weighted by Crippen LogP contribution is 2.31. The predicted octanol–water partition coefficient (Wildman–Crippen LogP) is 2.82. The van der Waals surface area contributed by atoms with E-state index < -0.39 is 11.7 Å². The van der Waals surface area contributed by atoms with Crippen molar-refractivity contribution in [1.82, 2.24) is 19.7 Å². The number of aromatic nitrogens is 4. The van der Waals surface area contributed by atoms with Gasteiger partial charge in [0, 0.05) is 24.5 Å². The Morgan fingerprint density at radius 3 is 2.59 bits per heavy atom. The first-order chi connectivity index (χ1) is 13.9. The molecule has 1 aromatic carbocycles. The molecule has 0 amide bonds. The number of aliphatic hydroxyl groups is 2. The fourth-order valence-corrected chi connectivity index (χ4v) is 3.93. The Morgan fingerprint density at radius 1 is 1.10 bits per heavy atom. The van der Waals surface area contributed by atoms with E-state index in [4.69, 9.17) is 0 Å². The normalized spacial score (nSPS) is 22.0. The molecule has 0 bridgehead atoms. The first kappa shape index (κ1) is 19.5. The molecule has 1 aliphatic rings. The van der Waals surface area contributed by atoms with Crippen molar-refractivity contribution in [2.45, 2.75) is 51.0 Å². The topological polar surface area (TPSA) is 96.1 Å². The van der Waals surface area contributed by atoms with E-state index in [-0.39, 0.29) is 6.04 Å². The Morgan fingerprint density at radius 2 is 1.90 bits per heavy atom. The third kappa shape index (κ3) is 4.46. The Hall–Kier alpha value is -2.77. The van der Waals surface area contributed by atoms with E-state index in [1.165, 1.54) is 0 Å². The van der Waals surface area contributed by atoms with Crippen molar-refractivity contribution in [2.75, 3.05) is 5.32 Å². The Labute approximate surface area is 170 Å². The highest BCUT2D eigenvalue weighted by molar-refractivity contribution is 5.55. The lowest BCUT2D eigenvalue weighted by Gasteiger charge is -2.19. The Balaban J connectivity index is 1.40. The van der Waals surface area contributed by atoms with Crippen LogP contribution in [0.25, 0.3) is 11.4 Å². The number of hydrogen-bond donors (Lipinski definition) is 3. The van der Waals surface area contributed by atoms with Crippen molar-refractivity contribution >= 4 is 5.82 Å². The van der Waals surface area contributed by atoms with Crippen LogP contribution in [0.15, 0.2) is 54.9 Å². The van der Waals surface area contributed by atoms with Gasteiger partial charge in [-0.25, -0.2) is 4.98 Å². The van der Waals surface area contributed by atoms with Gasteiger partial charge in [-0.05, 0) is 44.7 Å². The zero-order valence-corrected chi connectivity index (χ0v) is 16.7. The van der Waals surface area contributed by atoms with Gasteiger partial charge in [-0.15, -0.1) is 5.10 Å². The third-order valence-electron chi connectivity index (χ3n) is 5.45. The first-order valence-corrected chi connectivity index (χ1v) is 9.98. The van der Waals surface area contributed by atoms with Crippen LogP contribution < -0.4 is 5.32 Å². The van der Waals surface area contributed by atoms with Crippen LogP contribution in [0.1, 0.15) is 32.4 Å². The molecule has 1 unspecified atom stereocenters. The van der Waals surface area contributed by atoms with Crippen molar-refractivity contribution in [1.29, 1.82) is 0 Å². The molecule has 0 radical (unpaired) electrons. The zero-order valence-electron chi connectivity index (χ0n) is 16.7. The summed E-state index contributed by atoms with van der Waals surface area (Å²) in [5.41, 5.74) is 0.583. The van der Waals surface area contributed by atoms with E-state index in [9.17, 15) is 10.2 Å². The van der Waals surface area contributed by atoms with E-state index >= 15 is 0 Å².